The van der Waals surface area contributed by atoms with Crippen LogP contribution in [0.4, 0.5) is 5.69 Å². The van der Waals surface area contributed by atoms with Crippen molar-refractivity contribution in [1.82, 2.24) is 14.4 Å². The van der Waals surface area contributed by atoms with Crippen molar-refractivity contribution in [1.29, 1.82) is 0 Å². The molecule has 2 aromatic carbocycles. The number of anilines is 1. The van der Waals surface area contributed by atoms with Crippen LogP contribution in [0.25, 0.3) is 11.4 Å². The molecule has 0 radical (unpaired) electrons. The van der Waals surface area contributed by atoms with E-state index in [1.54, 1.807) is 55.6 Å². The lowest BCUT2D eigenvalue weighted by Gasteiger charge is -2.30. The van der Waals surface area contributed by atoms with Gasteiger partial charge in [-0.05, 0) is 62.1 Å². The Morgan fingerprint density at radius 3 is 2.50 bits per heavy atom. The first-order chi connectivity index (χ1) is 16.4. The van der Waals surface area contributed by atoms with Crippen LogP contribution in [0.15, 0.2) is 57.9 Å². The number of amides is 1. The third kappa shape index (κ3) is 4.69. The van der Waals surface area contributed by atoms with Crippen molar-refractivity contribution in [2.24, 2.45) is 5.92 Å². The number of rotatable bonds is 7. The molecule has 1 aliphatic carbocycles. The van der Waals surface area contributed by atoms with Crippen molar-refractivity contribution in [2.45, 2.75) is 36.5 Å². The van der Waals surface area contributed by atoms with Crippen molar-refractivity contribution < 1.29 is 22.5 Å². The zero-order valence-electron chi connectivity index (χ0n) is 18.8. The zero-order valence-corrected chi connectivity index (χ0v) is 19.6. The van der Waals surface area contributed by atoms with E-state index in [0.29, 0.717) is 47.5 Å². The Morgan fingerprint density at radius 2 is 1.82 bits per heavy atom. The van der Waals surface area contributed by atoms with E-state index >= 15 is 0 Å². The quantitative estimate of drug-likeness (QED) is 0.546. The lowest BCUT2D eigenvalue weighted by molar-refractivity contribution is -0.120. The Hall–Kier alpha value is -3.24. The minimum atomic E-state index is -3.66. The van der Waals surface area contributed by atoms with Gasteiger partial charge >= 0.3 is 0 Å². The van der Waals surface area contributed by atoms with Crippen LogP contribution in [0.5, 0.6) is 5.75 Å². The van der Waals surface area contributed by atoms with E-state index in [-0.39, 0.29) is 29.8 Å². The summed E-state index contributed by atoms with van der Waals surface area (Å²) in [5.74, 6) is 1.77. The number of piperidine rings is 1. The van der Waals surface area contributed by atoms with Gasteiger partial charge in [-0.15, -0.1) is 0 Å². The van der Waals surface area contributed by atoms with Gasteiger partial charge < -0.3 is 14.6 Å². The van der Waals surface area contributed by atoms with Gasteiger partial charge in [0, 0.05) is 42.2 Å². The third-order valence-electron chi connectivity index (χ3n) is 6.28. The summed E-state index contributed by atoms with van der Waals surface area (Å²) < 4.78 is 38.2. The van der Waals surface area contributed by atoms with E-state index in [9.17, 15) is 13.2 Å². The van der Waals surface area contributed by atoms with Gasteiger partial charge in [0.1, 0.15) is 5.75 Å². The Kier molecular flexibility index (Phi) is 6.09. The minimum Gasteiger partial charge on any atom is -0.497 e. The fourth-order valence-corrected chi connectivity index (χ4v) is 5.55. The predicted molar refractivity (Wildman–Crippen MR) is 125 cm³/mol. The maximum Gasteiger partial charge on any atom is 0.243 e. The Balaban J connectivity index is 1.20. The maximum atomic E-state index is 13.1. The largest absolute Gasteiger partial charge is 0.497 e. The van der Waals surface area contributed by atoms with Crippen LogP contribution < -0.4 is 10.1 Å². The zero-order chi connectivity index (χ0) is 23.7. The van der Waals surface area contributed by atoms with Crippen LogP contribution in [0.2, 0.25) is 0 Å². The topological polar surface area (TPSA) is 115 Å². The Bertz CT molecular complexity index is 1280. The summed E-state index contributed by atoms with van der Waals surface area (Å²) in [6.07, 6.45) is 3.05. The number of benzene rings is 2. The van der Waals surface area contributed by atoms with Crippen molar-refractivity contribution in [3.63, 3.8) is 0 Å². The van der Waals surface area contributed by atoms with Crippen LogP contribution in [-0.4, -0.2) is 49.0 Å². The number of sulfonamides is 1. The Morgan fingerprint density at radius 1 is 1.09 bits per heavy atom. The second-order valence-electron chi connectivity index (χ2n) is 8.65. The summed E-state index contributed by atoms with van der Waals surface area (Å²) in [6.45, 7) is 0.575. The van der Waals surface area contributed by atoms with Gasteiger partial charge in [-0.3, -0.25) is 4.79 Å². The number of carbonyl (C=O) groups excluding carboxylic acids is 1. The van der Waals surface area contributed by atoms with Crippen molar-refractivity contribution in [3.8, 4) is 17.1 Å². The van der Waals surface area contributed by atoms with Crippen molar-refractivity contribution in [3.05, 3.63) is 54.4 Å². The molecule has 0 spiro atoms. The molecule has 34 heavy (non-hydrogen) atoms. The van der Waals surface area contributed by atoms with Gasteiger partial charge in [0.15, 0.2) is 0 Å². The molecular weight excluding hydrogens is 456 g/mol. The maximum absolute atomic E-state index is 13.1. The van der Waals surface area contributed by atoms with E-state index in [1.807, 2.05) is 0 Å². The summed E-state index contributed by atoms with van der Waals surface area (Å²) in [5, 5.41) is 6.90. The summed E-state index contributed by atoms with van der Waals surface area (Å²) in [5.41, 5.74) is 1.37. The van der Waals surface area contributed by atoms with E-state index in [1.165, 1.54) is 4.31 Å². The number of ether oxygens (including phenoxy) is 1. The summed E-state index contributed by atoms with van der Waals surface area (Å²) in [6, 6.07) is 13.7. The standard InChI is InChI=1S/C24H26N4O5S/c1-32-20-4-2-3-19(15-20)25-23(29)17-11-13-28(14-12-17)34(30,31)21-9-7-16(8-10-21)22-26-24(33-27-22)18-5-6-18/h2-4,7-10,15,17-18H,5-6,11-14H2,1H3,(H,25,29). The highest BCUT2D eigenvalue weighted by molar-refractivity contribution is 7.89. The molecule has 2 aliphatic rings. The number of nitrogens with zero attached hydrogens (tertiary/aromatic N) is 3. The number of nitrogens with one attached hydrogen (secondary N) is 1. The van der Waals surface area contributed by atoms with Crippen molar-refractivity contribution >= 4 is 21.6 Å². The lowest BCUT2D eigenvalue weighted by Crippen LogP contribution is -2.41. The van der Waals surface area contributed by atoms with Gasteiger partial charge in [0.25, 0.3) is 0 Å². The van der Waals surface area contributed by atoms with Gasteiger partial charge in [-0.2, -0.15) is 9.29 Å². The van der Waals surface area contributed by atoms with Crippen LogP contribution >= 0.6 is 0 Å². The van der Waals surface area contributed by atoms with E-state index < -0.39 is 10.0 Å². The molecule has 3 aromatic rings. The molecule has 1 amide bonds. The molecule has 0 unspecified atom stereocenters. The molecule has 1 saturated carbocycles. The van der Waals surface area contributed by atoms with Crippen molar-refractivity contribution in [2.75, 3.05) is 25.5 Å². The molecular formula is C24H26N4O5S. The monoisotopic (exact) mass is 482 g/mol. The molecule has 2 heterocycles. The fraction of sp³-hybridized carbons (Fsp3) is 0.375. The average molecular weight is 483 g/mol. The van der Waals surface area contributed by atoms with Crippen LogP contribution in [0, 0.1) is 5.92 Å². The molecule has 178 valence electrons. The predicted octanol–water partition coefficient (Wildman–Crippen LogP) is 3.66. The first-order valence-corrected chi connectivity index (χ1v) is 12.8. The molecule has 1 N–H and O–H groups in total. The third-order valence-corrected chi connectivity index (χ3v) is 8.19. The number of hydrogen-bond donors (Lipinski definition) is 1. The van der Waals surface area contributed by atoms with Gasteiger partial charge in [-0.25, -0.2) is 8.42 Å². The van der Waals surface area contributed by atoms with Gasteiger partial charge in [-0.1, -0.05) is 11.2 Å². The summed E-state index contributed by atoms with van der Waals surface area (Å²) in [4.78, 5) is 17.3. The molecule has 0 atom stereocenters. The second kappa shape index (κ2) is 9.19. The normalized spacial score (nSPS) is 17.4. The minimum absolute atomic E-state index is 0.111. The summed E-state index contributed by atoms with van der Waals surface area (Å²) in [7, 11) is -2.09. The number of aromatic nitrogens is 2. The fourth-order valence-electron chi connectivity index (χ4n) is 4.08. The van der Waals surface area contributed by atoms with E-state index in [2.05, 4.69) is 15.5 Å². The number of methoxy groups -OCH3 is 1. The first-order valence-electron chi connectivity index (χ1n) is 11.3. The van der Waals surface area contributed by atoms with Gasteiger partial charge in [0.2, 0.25) is 27.6 Å². The second-order valence-corrected chi connectivity index (χ2v) is 10.6. The molecule has 1 aliphatic heterocycles. The highest BCUT2D eigenvalue weighted by Gasteiger charge is 2.33. The molecule has 1 saturated heterocycles. The highest BCUT2D eigenvalue weighted by Crippen LogP contribution is 2.39. The first kappa shape index (κ1) is 22.5. The Labute approximate surface area is 198 Å². The lowest BCUT2D eigenvalue weighted by atomic mass is 9.97. The number of carbonyl (C=O) groups is 1. The molecule has 2 fully saturated rings. The number of hydrogen-bond acceptors (Lipinski definition) is 7. The molecule has 9 nitrogen and oxygen atoms in total. The SMILES string of the molecule is COc1cccc(NC(=O)C2CCN(S(=O)(=O)c3ccc(-c4noc(C5CC5)n4)cc3)CC2)c1. The van der Waals surface area contributed by atoms with E-state index in [0.717, 1.165) is 12.8 Å². The molecule has 5 rings (SSSR count). The highest BCUT2D eigenvalue weighted by atomic mass is 32.2. The van der Waals surface area contributed by atoms with E-state index in [4.69, 9.17) is 9.26 Å². The van der Waals surface area contributed by atoms with Gasteiger partial charge in [0.05, 0.1) is 12.0 Å². The van der Waals surface area contributed by atoms with Crippen LogP contribution in [0.3, 0.4) is 0 Å². The molecule has 1 aromatic heterocycles. The molecule has 0 bridgehead atoms. The van der Waals surface area contributed by atoms with Crippen LogP contribution in [-0.2, 0) is 14.8 Å². The smallest absolute Gasteiger partial charge is 0.243 e. The van der Waals surface area contributed by atoms with Crippen LogP contribution in [0.1, 0.15) is 37.5 Å². The molecule has 10 heteroatoms. The average Bonchev–Trinajstić information content (AvgIpc) is 3.60. The summed E-state index contributed by atoms with van der Waals surface area (Å²) >= 11 is 0.